The predicted octanol–water partition coefficient (Wildman–Crippen LogP) is 6.71. The molecular formula is C25H49N2O3S+. The molecule has 0 bridgehead atoms. The molecule has 0 aliphatic heterocycles. The van der Waals surface area contributed by atoms with Crippen molar-refractivity contribution in [1.29, 1.82) is 0 Å². The van der Waals surface area contributed by atoms with Crippen molar-refractivity contribution in [2.24, 2.45) is 0 Å². The maximum Gasteiger partial charge on any atom is 0.264 e. The van der Waals surface area contributed by atoms with Crippen LogP contribution in [0.1, 0.15) is 122 Å². The molecule has 5 nitrogen and oxygen atoms in total. The highest BCUT2D eigenvalue weighted by molar-refractivity contribution is 7.85. The van der Waals surface area contributed by atoms with Gasteiger partial charge in [-0.25, -0.2) is 9.13 Å². The molecule has 182 valence electrons. The van der Waals surface area contributed by atoms with Gasteiger partial charge in [0.05, 0.1) is 18.8 Å². The summed E-state index contributed by atoms with van der Waals surface area (Å²) in [5.41, 5.74) is 0. The summed E-state index contributed by atoms with van der Waals surface area (Å²) in [6, 6.07) is 0. The van der Waals surface area contributed by atoms with E-state index < -0.39 is 10.1 Å². The normalized spacial score (nSPS) is 11.9. The number of hydrogen-bond acceptors (Lipinski definition) is 2. The molecule has 1 rings (SSSR count). The van der Waals surface area contributed by atoms with Crippen molar-refractivity contribution in [1.82, 2.24) is 4.57 Å². The van der Waals surface area contributed by atoms with Crippen LogP contribution in [0.3, 0.4) is 0 Å². The Balaban J connectivity index is 1.85. The lowest BCUT2D eigenvalue weighted by Crippen LogP contribution is -2.30. The van der Waals surface area contributed by atoms with Crippen molar-refractivity contribution in [2.75, 3.05) is 5.75 Å². The molecule has 0 radical (unpaired) electrons. The van der Waals surface area contributed by atoms with Crippen molar-refractivity contribution < 1.29 is 17.5 Å². The summed E-state index contributed by atoms with van der Waals surface area (Å²) in [6.07, 6.45) is 29.8. The first-order chi connectivity index (χ1) is 15.0. The minimum absolute atomic E-state index is 0.145. The predicted molar refractivity (Wildman–Crippen MR) is 130 cm³/mol. The average Bonchev–Trinajstić information content (AvgIpc) is 3.18. The van der Waals surface area contributed by atoms with Crippen molar-refractivity contribution in [2.45, 2.75) is 136 Å². The fourth-order valence-corrected chi connectivity index (χ4v) is 4.69. The molecule has 0 aliphatic carbocycles. The van der Waals surface area contributed by atoms with E-state index >= 15 is 0 Å². The number of aryl methyl sites for hydroxylation is 2. The van der Waals surface area contributed by atoms with Gasteiger partial charge in [-0.05, 0) is 25.7 Å². The molecule has 0 amide bonds. The van der Waals surface area contributed by atoms with Crippen LogP contribution in [-0.4, -0.2) is 23.3 Å². The van der Waals surface area contributed by atoms with Crippen LogP contribution in [0.4, 0.5) is 0 Å². The quantitative estimate of drug-likeness (QED) is 0.120. The first-order valence-corrected chi connectivity index (χ1v) is 14.6. The summed E-state index contributed by atoms with van der Waals surface area (Å²) in [5.74, 6) is -0.145. The minimum atomic E-state index is -3.82. The third-order valence-corrected chi connectivity index (χ3v) is 6.89. The molecule has 0 aromatic carbocycles. The van der Waals surface area contributed by atoms with Crippen LogP contribution in [0.2, 0.25) is 0 Å². The van der Waals surface area contributed by atoms with Crippen LogP contribution in [0, 0.1) is 0 Å². The molecule has 0 fully saturated rings. The van der Waals surface area contributed by atoms with Gasteiger partial charge in [-0.3, -0.25) is 4.55 Å². The molecule has 1 aromatic heterocycles. The van der Waals surface area contributed by atoms with Gasteiger partial charge in [0, 0.05) is 0 Å². The molecule has 0 saturated heterocycles. The van der Waals surface area contributed by atoms with E-state index in [1.54, 1.807) is 0 Å². The van der Waals surface area contributed by atoms with E-state index in [1.807, 2.05) is 6.20 Å². The fraction of sp³-hybridized carbons (Fsp3) is 0.880. The van der Waals surface area contributed by atoms with Gasteiger partial charge in [0.1, 0.15) is 12.4 Å². The zero-order chi connectivity index (χ0) is 22.6. The van der Waals surface area contributed by atoms with E-state index in [1.165, 1.54) is 103 Å². The van der Waals surface area contributed by atoms with Crippen LogP contribution in [0.5, 0.6) is 0 Å². The number of unbranched alkanes of at least 4 members (excludes halogenated alkanes) is 16. The van der Waals surface area contributed by atoms with Crippen LogP contribution in [0.25, 0.3) is 0 Å². The molecule has 31 heavy (non-hydrogen) atoms. The Morgan fingerprint density at radius 1 is 0.710 bits per heavy atom. The smallest absolute Gasteiger partial charge is 0.264 e. The van der Waals surface area contributed by atoms with Gasteiger partial charge in [-0.2, -0.15) is 8.42 Å². The number of aromatic nitrogens is 2. The van der Waals surface area contributed by atoms with Crippen molar-refractivity contribution in [3.63, 3.8) is 0 Å². The Morgan fingerprint density at radius 2 is 1.19 bits per heavy atom. The van der Waals surface area contributed by atoms with Gasteiger partial charge in [0.15, 0.2) is 0 Å². The fourth-order valence-electron chi connectivity index (χ4n) is 4.12. The SMILES string of the molecule is CCCCCCCCCCCCCCCCCC[n+]1ccn(CCCCS(=O)(=O)O)c1. The summed E-state index contributed by atoms with van der Waals surface area (Å²) in [4.78, 5) is 0. The van der Waals surface area contributed by atoms with Gasteiger partial charge in [0.25, 0.3) is 10.1 Å². The zero-order valence-electron chi connectivity index (χ0n) is 20.1. The average molecular weight is 458 g/mol. The molecular weight excluding hydrogens is 408 g/mol. The zero-order valence-corrected chi connectivity index (χ0v) is 21.0. The minimum Gasteiger partial charge on any atom is -0.286 e. The van der Waals surface area contributed by atoms with Crippen LogP contribution in [-0.2, 0) is 23.2 Å². The Bertz CT molecular complexity index is 628. The first-order valence-electron chi connectivity index (χ1n) is 13.0. The topological polar surface area (TPSA) is 63.2 Å². The van der Waals surface area contributed by atoms with Gasteiger partial charge < -0.3 is 0 Å². The summed E-state index contributed by atoms with van der Waals surface area (Å²) in [6.45, 7) is 4.13. The molecule has 0 saturated carbocycles. The number of rotatable bonds is 22. The Kier molecular flexibility index (Phi) is 17.0. The summed E-state index contributed by atoms with van der Waals surface area (Å²) < 4.78 is 34.5. The Hall–Kier alpha value is -0.880. The van der Waals surface area contributed by atoms with E-state index in [-0.39, 0.29) is 5.75 Å². The van der Waals surface area contributed by atoms with Crippen molar-refractivity contribution >= 4 is 10.1 Å². The van der Waals surface area contributed by atoms with Crippen molar-refractivity contribution in [3.05, 3.63) is 18.7 Å². The van der Waals surface area contributed by atoms with Gasteiger partial charge in [0.2, 0.25) is 6.33 Å². The van der Waals surface area contributed by atoms with Gasteiger partial charge >= 0.3 is 0 Å². The third kappa shape index (κ3) is 18.4. The lowest BCUT2D eigenvalue weighted by Gasteiger charge is -2.03. The number of hydrogen-bond donors (Lipinski definition) is 1. The largest absolute Gasteiger partial charge is 0.286 e. The second kappa shape index (κ2) is 18.7. The molecule has 1 heterocycles. The first kappa shape index (κ1) is 28.2. The summed E-state index contributed by atoms with van der Waals surface area (Å²) in [5, 5.41) is 0. The summed E-state index contributed by atoms with van der Waals surface area (Å²) in [7, 11) is -3.82. The molecule has 0 aliphatic rings. The molecule has 0 spiro atoms. The molecule has 0 unspecified atom stereocenters. The van der Waals surface area contributed by atoms with E-state index in [0.717, 1.165) is 19.5 Å². The van der Waals surface area contributed by atoms with Crippen LogP contribution >= 0.6 is 0 Å². The second-order valence-electron chi connectivity index (χ2n) is 9.19. The van der Waals surface area contributed by atoms with E-state index in [0.29, 0.717) is 6.42 Å². The Morgan fingerprint density at radius 3 is 1.68 bits per heavy atom. The van der Waals surface area contributed by atoms with E-state index in [2.05, 4.69) is 28.6 Å². The van der Waals surface area contributed by atoms with Crippen LogP contribution in [0.15, 0.2) is 18.7 Å². The van der Waals surface area contributed by atoms with E-state index in [4.69, 9.17) is 4.55 Å². The lowest BCUT2D eigenvalue weighted by molar-refractivity contribution is -0.696. The number of nitrogens with zero attached hydrogens (tertiary/aromatic N) is 2. The maximum absolute atomic E-state index is 10.7. The maximum atomic E-state index is 10.7. The van der Waals surface area contributed by atoms with Crippen molar-refractivity contribution in [3.8, 4) is 0 Å². The molecule has 1 N–H and O–H groups in total. The molecule has 6 heteroatoms. The number of imidazole rings is 1. The highest BCUT2D eigenvalue weighted by Gasteiger charge is 2.06. The van der Waals surface area contributed by atoms with Crippen LogP contribution < -0.4 is 4.57 Å². The van der Waals surface area contributed by atoms with E-state index in [9.17, 15) is 8.42 Å². The second-order valence-corrected chi connectivity index (χ2v) is 10.8. The monoisotopic (exact) mass is 457 g/mol. The highest BCUT2D eigenvalue weighted by Crippen LogP contribution is 2.13. The van der Waals surface area contributed by atoms with Gasteiger partial charge in [-0.15, -0.1) is 0 Å². The standard InChI is InChI=1S/C25H48N2O3S/c1-2-3-4-5-6-7-8-9-10-11-12-13-14-15-16-17-20-26-22-23-27(25-26)21-18-19-24-31(28,29)30/h22-23,25H,2-21,24H2,1H3/p+1. The summed E-state index contributed by atoms with van der Waals surface area (Å²) >= 11 is 0. The third-order valence-electron chi connectivity index (χ3n) is 6.08. The lowest BCUT2D eigenvalue weighted by atomic mass is 10.0. The molecule has 0 atom stereocenters. The Labute approximate surface area is 192 Å². The van der Waals surface area contributed by atoms with Gasteiger partial charge in [-0.1, -0.05) is 96.8 Å². The molecule has 1 aromatic rings. The highest BCUT2D eigenvalue weighted by atomic mass is 32.2.